The van der Waals surface area contributed by atoms with Gasteiger partial charge in [0.15, 0.2) is 0 Å². The zero-order valence-electron chi connectivity index (χ0n) is 17.0. The Morgan fingerprint density at radius 1 is 0.967 bits per heavy atom. The molecule has 0 saturated carbocycles. The summed E-state index contributed by atoms with van der Waals surface area (Å²) in [6.45, 7) is 9.72. The molecule has 0 aliphatic heterocycles. The number of hydrogen-bond acceptors (Lipinski definition) is 3. The maximum absolute atomic E-state index is 10.3. The third kappa shape index (κ3) is 3.75. The topological polar surface area (TPSA) is 23.5 Å². The van der Waals surface area contributed by atoms with Gasteiger partial charge >= 0.3 is 0 Å². The van der Waals surface area contributed by atoms with E-state index in [0.717, 1.165) is 29.7 Å². The number of nitrogens with zero attached hydrogens (tertiary/aromatic N) is 1. The van der Waals surface area contributed by atoms with Crippen molar-refractivity contribution in [3.8, 4) is 16.9 Å². The molecule has 0 radical (unpaired) electrons. The van der Waals surface area contributed by atoms with E-state index >= 15 is 0 Å². The van der Waals surface area contributed by atoms with Crippen LogP contribution in [0, 0.1) is 6.92 Å². The average Bonchev–Trinajstić information content (AvgIpc) is 3.06. The van der Waals surface area contributed by atoms with Crippen LogP contribution in [0.1, 0.15) is 24.3 Å². The average molecular weight is 612 g/mol. The van der Waals surface area contributed by atoms with Crippen molar-refractivity contribution in [2.45, 2.75) is 27.3 Å². The van der Waals surface area contributed by atoms with Crippen LogP contribution in [0.4, 0.5) is 0 Å². The number of fused-ring (bicyclic) bond motifs is 2. The molecule has 1 N–H and O–H groups in total. The minimum absolute atomic E-state index is 0.223. The summed E-state index contributed by atoms with van der Waals surface area (Å²) >= 11 is 12.8. The minimum atomic E-state index is 0.223. The van der Waals surface area contributed by atoms with Gasteiger partial charge in [0.25, 0.3) is 0 Å². The second-order valence-corrected chi connectivity index (χ2v) is 10.9. The first-order valence-electron chi connectivity index (χ1n) is 9.90. The van der Waals surface area contributed by atoms with Crippen molar-refractivity contribution in [1.82, 2.24) is 4.90 Å². The largest absolute Gasteiger partial charge is 0.506 e. The molecule has 2 nitrogen and oxygen atoms in total. The molecule has 0 atom stereocenters. The molecule has 30 heavy (non-hydrogen) atoms. The van der Waals surface area contributed by atoms with Gasteiger partial charge in [-0.25, -0.2) is 0 Å². The summed E-state index contributed by atoms with van der Waals surface area (Å²) in [6, 6.07) is 12.6. The predicted molar refractivity (Wildman–Crippen MR) is 141 cm³/mol. The number of benzene rings is 3. The molecule has 0 saturated heterocycles. The number of aryl methyl sites for hydroxylation is 1. The van der Waals surface area contributed by atoms with Crippen LogP contribution >= 0.6 is 59.1 Å². The van der Waals surface area contributed by atoms with E-state index in [-0.39, 0.29) is 5.75 Å². The Morgan fingerprint density at radius 3 is 2.17 bits per heavy atom. The van der Waals surface area contributed by atoms with Gasteiger partial charge in [0.1, 0.15) is 5.75 Å². The molecule has 3 aromatic carbocycles. The molecule has 0 unspecified atom stereocenters. The quantitative estimate of drug-likeness (QED) is 0.244. The Balaban J connectivity index is 2.11. The lowest BCUT2D eigenvalue weighted by atomic mass is 9.93. The van der Waals surface area contributed by atoms with Gasteiger partial charge < -0.3 is 5.11 Å². The van der Waals surface area contributed by atoms with Gasteiger partial charge in [-0.2, -0.15) is 0 Å². The zero-order chi connectivity index (χ0) is 21.6. The van der Waals surface area contributed by atoms with Crippen LogP contribution in [0.5, 0.6) is 5.75 Å². The third-order valence-corrected chi connectivity index (χ3v) is 9.28. The first-order chi connectivity index (χ1) is 14.4. The van der Waals surface area contributed by atoms with Crippen molar-refractivity contribution < 1.29 is 5.11 Å². The summed E-state index contributed by atoms with van der Waals surface area (Å²) in [5.41, 5.74) is 3.63. The standard InChI is InChI=1S/C24H22Br3NOS/c1-4-28(5-2)12-19-13(3)20-21(14-10-17(25)23(29)18(26)11-14)15-8-6-7-9-16(15)22(27)24(20)30-19/h6-11,29H,4-5,12H2,1-3H3. The van der Waals surface area contributed by atoms with Crippen molar-refractivity contribution in [3.63, 3.8) is 0 Å². The molecular formula is C24H22Br3NOS. The van der Waals surface area contributed by atoms with E-state index in [1.54, 1.807) is 0 Å². The van der Waals surface area contributed by atoms with Crippen molar-refractivity contribution in [3.05, 3.63) is 60.3 Å². The summed E-state index contributed by atoms with van der Waals surface area (Å²) in [7, 11) is 0. The number of phenolic OH excluding ortho intramolecular Hbond substituents is 1. The Labute approximate surface area is 206 Å². The van der Waals surface area contributed by atoms with E-state index in [1.807, 2.05) is 23.5 Å². The van der Waals surface area contributed by atoms with E-state index in [0.29, 0.717) is 8.95 Å². The smallest absolute Gasteiger partial charge is 0.143 e. The maximum Gasteiger partial charge on any atom is 0.143 e. The molecule has 0 bridgehead atoms. The summed E-state index contributed by atoms with van der Waals surface area (Å²) < 4.78 is 3.81. The van der Waals surface area contributed by atoms with Gasteiger partial charge in [-0.1, -0.05) is 38.1 Å². The number of thiophene rings is 1. The monoisotopic (exact) mass is 609 g/mol. The van der Waals surface area contributed by atoms with Gasteiger partial charge in [-0.05, 0) is 107 Å². The van der Waals surface area contributed by atoms with Crippen LogP contribution in [-0.4, -0.2) is 23.1 Å². The Kier molecular flexibility index (Phi) is 6.62. The number of aromatic hydroxyl groups is 1. The Morgan fingerprint density at radius 2 is 1.57 bits per heavy atom. The van der Waals surface area contributed by atoms with Gasteiger partial charge in [-0.3, -0.25) is 4.90 Å². The van der Waals surface area contributed by atoms with Gasteiger partial charge in [0.2, 0.25) is 0 Å². The Bertz CT molecular complexity index is 1240. The third-order valence-electron chi connectivity index (χ3n) is 5.70. The molecule has 0 fully saturated rings. The SMILES string of the molecule is CCN(CC)Cc1sc2c(Br)c3ccccc3c(-c3cc(Br)c(O)c(Br)c3)c2c1C. The van der Waals surface area contributed by atoms with Gasteiger partial charge in [0, 0.05) is 21.3 Å². The highest BCUT2D eigenvalue weighted by Crippen LogP contribution is 2.49. The normalized spacial score (nSPS) is 11.8. The highest BCUT2D eigenvalue weighted by Gasteiger charge is 2.21. The van der Waals surface area contributed by atoms with Crippen LogP contribution in [0.3, 0.4) is 0 Å². The van der Waals surface area contributed by atoms with E-state index in [2.05, 4.69) is 97.7 Å². The van der Waals surface area contributed by atoms with Gasteiger partial charge in [-0.15, -0.1) is 11.3 Å². The number of hydrogen-bond donors (Lipinski definition) is 1. The molecule has 0 amide bonds. The Hall–Kier alpha value is -0.920. The fraction of sp³-hybridized carbons (Fsp3) is 0.250. The van der Waals surface area contributed by atoms with E-state index in [9.17, 15) is 5.11 Å². The molecule has 156 valence electrons. The molecule has 1 heterocycles. The van der Waals surface area contributed by atoms with Crippen molar-refractivity contribution in [1.29, 1.82) is 0 Å². The van der Waals surface area contributed by atoms with E-state index in [4.69, 9.17) is 0 Å². The van der Waals surface area contributed by atoms with Crippen LogP contribution in [-0.2, 0) is 6.54 Å². The second kappa shape index (κ2) is 8.91. The molecular weight excluding hydrogens is 590 g/mol. The molecule has 4 rings (SSSR count). The predicted octanol–water partition coefficient (Wildman–Crippen LogP) is 8.86. The second-order valence-electron chi connectivity index (χ2n) is 7.34. The number of phenols is 1. The fourth-order valence-electron chi connectivity index (χ4n) is 3.98. The molecule has 6 heteroatoms. The van der Waals surface area contributed by atoms with Gasteiger partial charge in [0.05, 0.1) is 13.6 Å². The zero-order valence-corrected chi connectivity index (χ0v) is 22.6. The first-order valence-corrected chi connectivity index (χ1v) is 13.1. The van der Waals surface area contributed by atoms with Crippen molar-refractivity contribution >= 4 is 80.0 Å². The molecule has 4 aromatic rings. The number of rotatable bonds is 5. The molecule has 0 spiro atoms. The highest BCUT2D eigenvalue weighted by atomic mass is 79.9. The van der Waals surface area contributed by atoms with Crippen molar-refractivity contribution in [2.24, 2.45) is 0 Å². The number of halogens is 3. The molecule has 1 aromatic heterocycles. The molecule has 0 aliphatic rings. The molecule has 0 aliphatic carbocycles. The summed E-state index contributed by atoms with van der Waals surface area (Å²) in [5.74, 6) is 0.223. The lowest BCUT2D eigenvalue weighted by molar-refractivity contribution is 0.298. The van der Waals surface area contributed by atoms with Crippen LogP contribution in [0.25, 0.3) is 32.0 Å². The minimum Gasteiger partial charge on any atom is -0.506 e. The van der Waals surface area contributed by atoms with Crippen LogP contribution < -0.4 is 0 Å². The van der Waals surface area contributed by atoms with E-state index in [1.165, 1.54) is 36.9 Å². The summed E-state index contributed by atoms with van der Waals surface area (Å²) in [4.78, 5) is 3.86. The van der Waals surface area contributed by atoms with Crippen LogP contribution in [0.15, 0.2) is 49.8 Å². The summed E-state index contributed by atoms with van der Waals surface area (Å²) in [5, 5.41) is 14.0. The lowest BCUT2D eigenvalue weighted by Crippen LogP contribution is -2.21. The van der Waals surface area contributed by atoms with E-state index < -0.39 is 0 Å². The fourth-order valence-corrected chi connectivity index (χ4v) is 7.26. The van der Waals surface area contributed by atoms with Crippen molar-refractivity contribution in [2.75, 3.05) is 13.1 Å². The van der Waals surface area contributed by atoms with Crippen LogP contribution in [0.2, 0.25) is 0 Å². The summed E-state index contributed by atoms with van der Waals surface area (Å²) in [6.07, 6.45) is 0. The first kappa shape index (κ1) is 22.3. The maximum atomic E-state index is 10.3. The highest BCUT2D eigenvalue weighted by molar-refractivity contribution is 9.11. The lowest BCUT2D eigenvalue weighted by Gasteiger charge is -2.17.